The normalized spacial score (nSPS) is 32.2. The molecule has 1 saturated carbocycles. The number of aliphatic hydroxyl groups excluding tert-OH is 1. The van der Waals surface area contributed by atoms with Crippen molar-refractivity contribution in [3.63, 3.8) is 0 Å². The molecule has 2 heteroatoms. The van der Waals surface area contributed by atoms with Crippen LogP contribution in [0, 0.1) is 11.8 Å². The molecule has 0 bridgehead atoms. The van der Waals surface area contributed by atoms with Gasteiger partial charge in [-0.2, -0.15) is 0 Å². The average molecular weight is 228 g/mol. The van der Waals surface area contributed by atoms with Gasteiger partial charge in [-0.15, -0.1) is 0 Å². The van der Waals surface area contributed by atoms with Gasteiger partial charge in [0.05, 0.1) is 6.10 Å². The zero-order valence-corrected chi connectivity index (χ0v) is 11.9. The lowest BCUT2D eigenvalue weighted by Crippen LogP contribution is -2.19. The summed E-state index contributed by atoms with van der Waals surface area (Å²) in [6.45, 7) is 9.56. The molecule has 1 aliphatic rings. The fourth-order valence-corrected chi connectivity index (χ4v) is 4.08. The van der Waals surface area contributed by atoms with Gasteiger partial charge in [0, 0.05) is 8.07 Å². The number of hydrogen-bond donors (Lipinski definition) is 1. The van der Waals surface area contributed by atoms with Gasteiger partial charge in [-0.25, -0.2) is 0 Å². The molecule has 1 aliphatic carbocycles. The van der Waals surface area contributed by atoms with E-state index in [9.17, 15) is 5.11 Å². The van der Waals surface area contributed by atoms with Crippen LogP contribution < -0.4 is 0 Å². The van der Waals surface area contributed by atoms with Gasteiger partial charge in [-0.05, 0) is 24.7 Å². The molecule has 0 aromatic heterocycles. The van der Waals surface area contributed by atoms with Crippen molar-refractivity contribution in [1.82, 2.24) is 0 Å². The highest BCUT2D eigenvalue weighted by Gasteiger charge is 2.31. The van der Waals surface area contributed by atoms with Gasteiger partial charge in [-0.1, -0.05) is 51.9 Å². The van der Waals surface area contributed by atoms with Crippen molar-refractivity contribution in [2.75, 3.05) is 0 Å². The summed E-state index contributed by atoms with van der Waals surface area (Å²) in [6.07, 6.45) is 6.27. The molecule has 0 aliphatic heterocycles. The molecule has 0 heterocycles. The molecule has 90 valence electrons. The first-order chi connectivity index (χ1) is 6.92. The maximum absolute atomic E-state index is 9.83. The number of rotatable bonds is 5. The van der Waals surface area contributed by atoms with E-state index in [1.807, 2.05) is 0 Å². The molecular weight excluding hydrogens is 200 g/mol. The summed E-state index contributed by atoms with van der Waals surface area (Å²) in [5, 5.41) is 9.83. The van der Waals surface area contributed by atoms with Crippen LogP contribution >= 0.6 is 0 Å². The fourth-order valence-electron chi connectivity index (χ4n) is 2.81. The van der Waals surface area contributed by atoms with Crippen molar-refractivity contribution < 1.29 is 5.11 Å². The highest BCUT2D eigenvalue weighted by atomic mass is 28.3. The minimum Gasteiger partial charge on any atom is -0.393 e. The molecule has 15 heavy (non-hydrogen) atoms. The van der Waals surface area contributed by atoms with Crippen molar-refractivity contribution in [3.05, 3.63) is 0 Å². The van der Waals surface area contributed by atoms with E-state index in [0.29, 0.717) is 5.92 Å². The SMILES string of the molecule is CC[C@@H]1C[C@H](CCC[Si](C)(C)C)C[C@H]1O. The summed E-state index contributed by atoms with van der Waals surface area (Å²) in [7, 11) is -0.834. The van der Waals surface area contributed by atoms with Crippen LogP contribution in [0.2, 0.25) is 25.7 Å². The zero-order chi connectivity index (χ0) is 11.5. The van der Waals surface area contributed by atoms with Crippen LogP contribution in [0.4, 0.5) is 0 Å². The van der Waals surface area contributed by atoms with Crippen molar-refractivity contribution in [2.45, 2.75) is 70.8 Å². The Morgan fingerprint density at radius 3 is 2.33 bits per heavy atom. The highest BCUT2D eigenvalue weighted by Crippen LogP contribution is 2.36. The van der Waals surface area contributed by atoms with Crippen LogP contribution in [0.1, 0.15) is 39.0 Å². The molecule has 1 rings (SSSR count). The lowest BCUT2D eigenvalue weighted by Gasteiger charge is -2.17. The van der Waals surface area contributed by atoms with Gasteiger partial charge in [0.15, 0.2) is 0 Å². The minimum absolute atomic E-state index is 0.00637. The molecule has 0 saturated heterocycles. The van der Waals surface area contributed by atoms with Crippen LogP contribution in [0.15, 0.2) is 0 Å². The van der Waals surface area contributed by atoms with Gasteiger partial charge in [0.1, 0.15) is 0 Å². The van der Waals surface area contributed by atoms with E-state index in [1.165, 1.54) is 25.3 Å². The van der Waals surface area contributed by atoms with E-state index in [1.54, 1.807) is 0 Å². The fraction of sp³-hybridized carbons (Fsp3) is 1.00. The first-order valence-electron chi connectivity index (χ1n) is 6.60. The Kier molecular flexibility index (Phi) is 4.85. The minimum atomic E-state index is -0.834. The summed E-state index contributed by atoms with van der Waals surface area (Å²) < 4.78 is 0. The molecule has 1 fully saturated rings. The third-order valence-corrected chi connectivity index (χ3v) is 5.67. The maximum Gasteiger partial charge on any atom is 0.0571 e. The molecule has 3 atom stereocenters. The van der Waals surface area contributed by atoms with Crippen molar-refractivity contribution in [2.24, 2.45) is 11.8 Å². The largest absolute Gasteiger partial charge is 0.393 e. The van der Waals surface area contributed by atoms with Crippen molar-refractivity contribution in [1.29, 1.82) is 0 Å². The molecule has 1 nitrogen and oxygen atoms in total. The Balaban J connectivity index is 2.19. The van der Waals surface area contributed by atoms with Gasteiger partial charge < -0.3 is 5.11 Å². The van der Waals surface area contributed by atoms with Crippen LogP contribution in [0.25, 0.3) is 0 Å². The first-order valence-corrected chi connectivity index (χ1v) is 10.3. The number of hydrogen-bond acceptors (Lipinski definition) is 1. The van der Waals surface area contributed by atoms with Crippen LogP contribution in [-0.2, 0) is 0 Å². The Morgan fingerprint density at radius 2 is 1.87 bits per heavy atom. The Bertz CT molecular complexity index is 185. The zero-order valence-electron chi connectivity index (χ0n) is 10.9. The van der Waals surface area contributed by atoms with Crippen molar-refractivity contribution >= 4 is 8.07 Å². The summed E-state index contributed by atoms with van der Waals surface area (Å²) in [5.74, 6) is 1.42. The predicted octanol–water partition coefficient (Wildman–Crippen LogP) is 3.90. The van der Waals surface area contributed by atoms with E-state index in [0.717, 1.165) is 18.8 Å². The summed E-state index contributed by atoms with van der Waals surface area (Å²) in [6, 6.07) is 1.45. The van der Waals surface area contributed by atoms with Crippen LogP contribution in [0.5, 0.6) is 0 Å². The molecule has 0 amide bonds. The van der Waals surface area contributed by atoms with E-state index >= 15 is 0 Å². The highest BCUT2D eigenvalue weighted by molar-refractivity contribution is 6.76. The lowest BCUT2D eigenvalue weighted by atomic mass is 9.99. The molecule has 0 aromatic carbocycles. The second-order valence-corrected chi connectivity index (χ2v) is 12.1. The Hall–Kier alpha value is 0.177. The standard InChI is InChI=1S/C13H28OSi/c1-5-12-9-11(10-13(12)14)7-6-8-15(2,3)4/h11-14H,5-10H2,1-4H3/t11-,12+,13+/m0/s1. The molecule has 0 spiro atoms. The Morgan fingerprint density at radius 1 is 1.20 bits per heavy atom. The lowest BCUT2D eigenvalue weighted by molar-refractivity contribution is 0.129. The topological polar surface area (TPSA) is 20.2 Å². The van der Waals surface area contributed by atoms with Gasteiger partial charge in [0.25, 0.3) is 0 Å². The van der Waals surface area contributed by atoms with Gasteiger partial charge in [-0.3, -0.25) is 0 Å². The first kappa shape index (κ1) is 13.2. The summed E-state index contributed by atoms with van der Waals surface area (Å²) in [5.41, 5.74) is 0. The van der Waals surface area contributed by atoms with Gasteiger partial charge in [0.2, 0.25) is 0 Å². The van der Waals surface area contributed by atoms with Crippen LogP contribution in [0.3, 0.4) is 0 Å². The summed E-state index contributed by atoms with van der Waals surface area (Å²) in [4.78, 5) is 0. The molecule has 1 N–H and O–H groups in total. The third kappa shape index (κ3) is 4.69. The second kappa shape index (κ2) is 5.49. The predicted molar refractivity (Wildman–Crippen MR) is 69.9 cm³/mol. The van der Waals surface area contributed by atoms with E-state index in [4.69, 9.17) is 0 Å². The maximum atomic E-state index is 9.83. The summed E-state index contributed by atoms with van der Waals surface area (Å²) >= 11 is 0. The quantitative estimate of drug-likeness (QED) is 0.708. The van der Waals surface area contributed by atoms with E-state index < -0.39 is 8.07 Å². The molecule has 0 radical (unpaired) electrons. The average Bonchev–Trinajstić information content (AvgIpc) is 2.44. The van der Waals surface area contributed by atoms with Crippen LogP contribution in [-0.4, -0.2) is 19.3 Å². The van der Waals surface area contributed by atoms with E-state index in [-0.39, 0.29) is 6.10 Å². The second-order valence-electron chi connectivity index (χ2n) is 6.53. The molecular formula is C13H28OSi. The molecule has 0 unspecified atom stereocenters. The molecule has 0 aromatic rings. The van der Waals surface area contributed by atoms with E-state index in [2.05, 4.69) is 26.6 Å². The Labute approximate surface area is 96.3 Å². The third-order valence-electron chi connectivity index (χ3n) is 3.82. The van der Waals surface area contributed by atoms with Gasteiger partial charge >= 0.3 is 0 Å². The number of aliphatic hydroxyl groups is 1. The smallest absolute Gasteiger partial charge is 0.0571 e. The monoisotopic (exact) mass is 228 g/mol. The van der Waals surface area contributed by atoms with Crippen molar-refractivity contribution in [3.8, 4) is 0 Å².